The summed E-state index contributed by atoms with van der Waals surface area (Å²) in [5.74, 6) is 1.59. The molecule has 0 fully saturated rings. The van der Waals surface area contributed by atoms with Crippen molar-refractivity contribution in [2.45, 2.75) is 23.9 Å². The highest BCUT2D eigenvalue weighted by Gasteiger charge is 2.21. The van der Waals surface area contributed by atoms with Crippen molar-refractivity contribution in [3.8, 4) is 5.75 Å². The summed E-state index contributed by atoms with van der Waals surface area (Å²) in [6.07, 6.45) is 1.07. The first-order valence-electron chi connectivity index (χ1n) is 7.60. The molecule has 2 aromatic rings. The van der Waals surface area contributed by atoms with E-state index < -0.39 is 5.91 Å². The molecule has 2 aromatic carbocycles. The van der Waals surface area contributed by atoms with Gasteiger partial charge in [-0.3, -0.25) is 4.79 Å². The van der Waals surface area contributed by atoms with Crippen LogP contribution in [0, 0.1) is 0 Å². The molecule has 120 valence electrons. The Hall–Kier alpha value is -1.98. The van der Waals surface area contributed by atoms with Gasteiger partial charge in [0.2, 0.25) is 5.91 Å². The lowest BCUT2D eigenvalue weighted by Gasteiger charge is -2.26. The molecule has 3 rings (SSSR count). The van der Waals surface area contributed by atoms with Gasteiger partial charge < -0.3 is 15.8 Å². The van der Waals surface area contributed by atoms with E-state index in [4.69, 9.17) is 10.5 Å². The summed E-state index contributed by atoms with van der Waals surface area (Å²) in [5, 5.41) is 3.59. The van der Waals surface area contributed by atoms with E-state index in [2.05, 4.69) is 17.4 Å². The number of thioether (sulfide) groups is 1. The van der Waals surface area contributed by atoms with Crippen molar-refractivity contribution in [3.05, 3.63) is 59.2 Å². The number of nitrogens with two attached hydrogens (primary N) is 1. The second-order valence-electron chi connectivity index (χ2n) is 5.54. The van der Waals surface area contributed by atoms with Gasteiger partial charge in [-0.25, -0.2) is 0 Å². The van der Waals surface area contributed by atoms with E-state index >= 15 is 0 Å². The minimum atomic E-state index is -0.393. The summed E-state index contributed by atoms with van der Waals surface area (Å²) in [4.78, 5) is 12.6. The first-order valence-corrected chi connectivity index (χ1v) is 8.59. The van der Waals surface area contributed by atoms with Crippen LogP contribution in [0.4, 0.5) is 0 Å². The quantitative estimate of drug-likeness (QED) is 0.885. The molecule has 0 radical (unpaired) electrons. The Morgan fingerprint density at radius 1 is 1.35 bits per heavy atom. The summed E-state index contributed by atoms with van der Waals surface area (Å²) in [6, 6.07) is 14.0. The number of primary amides is 1. The van der Waals surface area contributed by atoms with E-state index in [0.717, 1.165) is 23.5 Å². The molecule has 1 amide bonds. The van der Waals surface area contributed by atoms with Crippen molar-refractivity contribution in [1.29, 1.82) is 0 Å². The van der Waals surface area contributed by atoms with Gasteiger partial charge in [-0.2, -0.15) is 0 Å². The Morgan fingerprint density at radius 2 is 2.22 bits per heavy atom. The van der Waals surface area contributed by atoms with E-state index in [0.29, 0.717) is 18.2 Å². The molecule has 5 heteroatoms. The molecule has 0 aromatic heterocycles. The molecule has 3 N–H and O–H groups in total. The predicted molar refractivity (Wildman–Crippen MR) is 92.9 cm³/mol. The fourth-order valence-electron chi connectivity index (χ4n) is 2.79. The van der Waals surface area contributed by atoms with Crippen LogP contribution in [0.1, 0.15) is 33.9 Å². The SMILES string of the molecule is COc1ccc2c(c1)[C@@H](NCc1cccc(C(N)=O)c1)CCS2. The third kappa shape index (κ3) is 3.68. The van der Waals surface area contributed by atoms with Crippen molar-refractivity contribution < 1.29 is 9.53 Å². The Morgan fingerprint density at radius 3 is 3.00 bits per heavy atom. The van der Waals surface area contributed by atoms with Gasteiger partial charge in [0, 0.05) is 23.0 Å². The standard InChI is InChI=1S/C18H20N2O2S/c1-22-14-5-6-17-15(10-14)16(7-8-23-17)20-11-12-3-2-4-13(9-12)18(19)21/h2-6,9-10,16,20H,7-8,11H2,1H3,(H2,19,21)/t16-/m0/s1. The molecule has 0 unspecified atom stereocenters. The van der Waals surface area contributed by atoms with Crippen LogP contribution in [0.2, 0.25) is 0 Å². The Labute approximate surface area is 140 Å². The largest absolute Gasteiger partial charge is 0.497 e. The number of ether oxygens (including phenoxy) is 1. The van der Waals surface area contributed by atoms with Gasteiger partial charge in [0.1, 0.15) is 5.75 Å². The van der Waals surface area contributed by atoms with Gasteiger partial charge >= 0.3 is 0 Å². The van der Waals surface area contributed by atoms with Gasteiger partial charge in [0.15, 0.2) is 0 Å². The predicted octanol–water partition coefficient (Wildman–Crippen LogP) is 3.12. The zero-order valence-electron chi connectivity index (χ0n) is 13.0. The number of hydrogen-bond donors (Lipinski definition) is 2. The summed E-state index contributed by atoms with van der Waals surface area (Å²) in [7, 11) is 1.69. The zero-order valence-corrected chi connectivity index (χ0v) is 13.9. The molecular weight excluding hydrogens is 308 g/mol. The molecule has 1 heterocycles. The number of carbonyl (C=O) groups is 1. The molecule has 23 heavy (non-hydrogen) atoms. The van der Waals surface area contributed by atoms with E-state index in [1.165, 1.54) is 10.5 Å². The molecule has 0 saturated carbocycles. The van der Waals surface area contributed by atoms with Crippen LogP contribution in [-0.2, 0) is 6.54 Å². The zero-order chi connectivity index (χ0) is 16.2. The van der Waals surface area contributed by atoms with Crippen LogP contribution in [0.25, 0.3) is 0 Å². The Bertz CT molecular complexity index is 718. The summed E-state index contributed by atoms with van der Waals surface area (Å²) in [6.45, 7) is 0.701. The first kappa shape index (κ1) is 15.9. The van der Waals surface area contributed by atoms with Crippen LogP contribution in [0.5, 0.6) is 5.75 Å². The van der Waals surface area contributed by atoms with Crippen molar-refractivity contribution in [2.75, 3.05) is 12.9 Å². The molecule has 0 bridgehead atoms. The van der Waals surface area contributed by atoms with E-state index in [1.54, 1.807) is 13.2 Å². The number of benzene rings is 2. The van der Waals surface area contributed by atoms with Gasteiger partial charge in [0.25, 0.3) is 0 Å². The number of nitrogens with one attached hydrogen (secondary N) is 1. The molecule has 0 spiro atoms. The Kier molecular flexibility index (Phi) is 4.88. The van der Waals surface area contributed by atoms with Crippen LogP contribution in [0.3, 0.4) is 0 Å². The minimum Gasteiger partial charge on any atom is -0.497 e. The normalized spacial score (nSPS) is 16.7. The number of carbonyl (C=O) groups excluding carboxylic acids is 1. The molecule has 1 aliphatic heterocycles. The highest BCUT2D eigenvalue weighted by atomic mass is 32.2. The van der Waals surface area contributed by atoms with Crippen molar-refractivity contribution in [3.63, 3.8) is 0 Å². The van der Waals surface area contributed by atoms with Crippen molar-refractivity contribution in [2.24, 2.45) is 5.73 Å². The number of hydrogen-bond acceptors (Lipinski definition) is 4. The van der Waals surface area contributed by atoms with Gasteiger partial charge in [-0.15, -0.1) is 11.8 Å². The second kappa shape index (κ2) is 7.06. The van der Waals surface area contributed by atoms with Crippen molar-refractivity contribution >= 4 is 17.7 Å². The highest BCUT2D eigenvalue weighted by Crippen LogP contribution is 2.38. The summed E-state index contributed by atoms with van der Waals surface area (Å²) < 4.78 is 5.35. The first-order chi connectivity index (χ1) is 11.2. The maximum Gasteiger partial charge on any atom is 0.248 e. The van der Waals surface area contributed by atoms with Gasteiger partial charge in [-0.05, 0) is 53.6 Å². The van der Waals surface area contributed by atoms with Crippen LogP contribution >= 0.6 is 11.8 Å². The third-order valence-electron chi connectivity index (χ3n) is 4.02. The average molecular weight is 328 g/mol. The maximum atomic E-state index is 11.3. The molecule has 4 nitrogen and oxygen atoms in total. The fourth-order valence-corrected chi connectivity index (χ4v) is 3.89. The number of rotatable bonds is 5. The average Bonchev–Trinajstić information content (AvgIpc) is 2.59. The third-order valence-corrected chi connectivity index (χ3v) is 5.14. The van der Waals surface area contributed by atoms with Crippen LogP contribution in [0.15, 0.2) is 47.4 Å². The molecular formula is C18H20N2O2S. The number of fused-ring (bicyclic) bond motifs is 1. The van der Waals surface area contributed by atoms with Gasteiger partial charge in [0.05, 0.1) is 7.11 Å². The molecule has 0 aliphatic carbocycles. The smallest absolute Gasteiger partial charge is 0.248 e. The summed E-state index contributed by atoms with van der Waals surface area (Å²) >= 11 is 1.88. The van der Waals surface area contributed by atoms with E-state index in [9.17, 15) is 4.79 Å². The molecule has 1 aliphatic rings. The van der Waals surface area contributed by atoms with E-state index in [-0.39, 0.29) is 0 Å². The lowest BCUT2D eigenvalue weighted by molar-refractivity contribution is 0.1000. The number of methoxy groups -OCH3 is 1. The topological polar surface area (TPSA) is 64.3 Å². The monoisotopic (exact) mass is 328 g/mol. The summed E-state index contributed by atoms with van der Waals surface area (Å²) in [5.41, 5.74) is 8.23. The van der Waals surface area contributed by atoms with Crippen LogP contribution in [-0.4, -0.2) is 18.8 Å². The fraction of sp³-hybridized carbons (Fsp3) is 0.278. The lowest BCUT2D eigenvalue weighted by Crippen LogP contribution is -2.24. The molecule has 1 atom stereocenters. The minimum absolute atomic E-state index is 0.290. The Balaban J connectivity index is 1.75. The highest BCUT2D eigenvalue weighted by molar-refractivity contribution is 7.99. The maximum absolute atomic E-state index is 11.3. The number of amides is 1. The van der Waals surface area contributed by atoms with Gasteiger partial charge in [-0.1, -0.05) is 12.1 Å². The molecule has 0 saturated heterocycles. The van der Waals surface area contributed by atoms with Crippen LogP contribution < -0.4 is 15.8 Å². The van der Waals surface area contributed by atoms with E-state index in [1.807, 2.05) is 36.0 Å². The lowest BCUT2D eigenvalue weighted by atomic mass is 10.0. The second-order valence-corrected chi connectivity index (χ2v) is 6.68. The van der Waals surface area contributed by atoms with Crippen molar-refractivity contribution in [1.82, 2.24) is 5.32 Å².